The quantitative estimate of drug-likeness (QED) is 0.773. The lowest BCUT2D eigenvalue weighted by atomic mass is 10.3. The van der Waals surface area contributed by atoms with Gasteiger partial charge in [-0.1, -0.05) is 11.3 Å². The van der Waals surface area contributed by atoms with Crippen molar-refractivity contribution in [3.63, 3.8) is 0 Å². The Bertz CT molecular complexity index is 666. The number of nitrogens with one attached hydrogen (secondary N) is 2. The minimum absolute atomic E-state index is 0.0254. The molecule has 0 fully saturated rings. The second-order valence-corrected chi connectivity index (χ2v) is 5.79. The van der Waals surface area contributed by atoms with E-state index in [1.54, 1.807) is 0 Å². The van der Waals surface area contributed by atoms with Gasteiger partial charge in [0.15, 0.2) is 0 Å². The maximum Gasteiger partial charge on any atom is 0.325 e. The highest BCUT2D eigenvalue weighted by atomic mass is 32.2. The molecule has 1 aromatic carbocycles. The zero-order chi connectivity index (χ0) is 13.9. The van der Waals surface area contributed by atoms with Gasteiger partial charge >= 0.3 is 6.03 Å². The smallest absolute Gasteiger partial charge is 0.308 e. The van der Waals surface area contributed by atoms with Crippen molar-refractivity contribution in [3.8, 4) is 0 Å². The molecule has 0 spiro atoms. The minimum atomic E-state index is -3.73. The predicted molar refractivity (Wildman–Crippen MR) is 70.4 cm³/mol. The molecule has 8 nitrogen and oxygen atoms in total. The van der Waals surface area contributed by atoms with Crippen LogP contribution in [-0.4, -0.2) is 24.6 Å². The molecule has 100 valence electrons. The average molecular weight is 299 g/mol. The van der Waals surface area contributed by atoms with Gasteiger partial charge in [-0.15, -0.1) is 10.2 Å². The van der Waals surface area contributed by atoms with Gasteiger partial charge in [-0.25, -0.2) is 18.4 Å². The van der Waals surface area contributed by atoms with Crippen molar-refractivity contribution in [1.29, 1.82) is 0 Å². The van der Waals surface area contributed by atoms with E-state index in [1.165, 1.54) is 41.1 Å². The number of nitrogens with two attached hydrogens (primary N) is 1. The molecule has 0 aliphatic heterocycles. The number of hydrogen-bond acceptors (Lipinski definition) is 6. The number of nitrogens with zero attached hydrogens (tertiary/aromatic N) is 2. The van der Waals surface area contributed by atoms with Gasteiger partial charge in [0.05, 0.1) is 4.90 Å². The lowest BCUT2D eigenvalue weighted by Crippen LogP contribution is -2.19. The molecule has 19 heavy (non-hydrogen) atoms. The molecule has 0 radical (unpaired) electrons. The van der Waals surface area contributed by atoms with Gasteiger partial charge in [0.1, 0.15) is 5.51 Å². The topological polar surface area (TPSA) is 127 Å². The van der Waals surface area contributed by atoms with E-state index < -0.39 is 16.1 Å². The second-order valence-electron chi connectivity index (χ2n) is 3.39. The van der Waals surface area contributed by atoms with E-state index >= 15 is 0 Å². The van der Waals surface area contributed by atoms with Crippen molar-refractivity contribution in [2.75, 3.05) is 10.6 Å². The van der Waals surface area contributed by atoms with Crippen LogP contribution in [0.4, 0.5) is 15.6 Å². The molecule has 0 unspecified atom stereocenters. The second kappa shape index (κ2) is 5.30. The van der Waals surface area contributed by atoms with E-state index in [2.05, 4.69) is 20.8 Å². The molecule has 0 bridgehead atoms. The Balaban J connectivity index is 2.02. The lowest BCUT2D eigenvalue weighted by Gasteiger charge is -2.05. The number of hydrogen-bond donors (Lipinski definition) is 3. The van der Waals surface area contributed by atoms with Gasteiger partial charge < -0.3 is 5.32 Å². The van der Waals surface area contributed by atoms with Crippen LogP contribution in [0.5, 0.6) is 0 Å². The Labute approximate surface area is 112 Å². The first-order valence-corrected chi connectivity index (χ1v) is 7.35. The first-order chi connectivity index (χ1) is 8.95. The van der Waals surface area contributed by atoms with E-state index in [1.807, 2.05) is 0 Å². The summed E-state index contributed by atoms with van der Waals surface area (Å²) in [6.07, 6.45) is 0. The Kier molecular flexibility index (Phi) is 3.74. The van der Waals surface area contributed by atoms with Crippen LogP contribution in [0, 0.1) is 0 Å². The Morgan fingerprint density at radius 1 is 1.21 bits per heavy atom. The number of carbonyl (C=O) groups excluding carboxylic acids is 1. The van der Waals surface area contributed by atoms with Crippen molar-refractivity contribution >= 4 is 38.2 Å². The Hall–Kier alpha value is -2.04. The van der Waals surface area contributed by atoms with Gasteiger partial charge in [-0.05, 0) is 24.3 Å². The highest BCUT2D eigenvalue weighted by Gasteiger charge is 2.08. The van der Waals surface area contributed by atoms with Crippen LogP contribution in [0.3, 0.4) is 0 Å². The number of benzene rings is 1. The van der Waals surface area contributed by atoms with Crippen LogP contribution < -0.4 is 15.8 Å². The average Bonchev–Trinajstić information content (AvgIpc) is 2.81. The third-order valence-electron chi connectivity index (χ3n) is 2.02. The molecule has 0 saturated heterocycles. The van der Waals surface area contributed by atoms with Crippen molar-refractivity contribution in [3.05, 3.63) is 29.8 Å². The monoisotopic (exact) mass is 299 g/mol. The molecule has 4 N–H and O–H groups in total. The summed E-state index contributed by atoms with van der Waals surface area (Å²) < 4.78 is 22.1. The van der Waals surface area contributed by atoms with Crippen molar-refractivity contribution in [1.82, 2.24) is 10.2 Å². The molecule has 2 amide bonds. The summed E-state index contributed by atoms with van der Waals surface area (Å²) in [6, 6.07) is 4.96. The van der Waals surface area contributed by atoms with Crippen LogP contribution in [0.2, 0.25) is 0 Å². The number of primary sulfonamides is 1. The maximum absolute atomic E-state index is 11.5. The van der Waals surface area contributed by atoms with Crippen molar-refractivity contribution in [2.24, 2.45) is 5.14 Å². The molecular weight excluding hydrogens is 290 g/mol. The molecule has 1 heterocycles. The van der Waals surface area contributed by atoms with Gasteiger partial charge in [-0.2, -0.15) is 0 Å². The zero-order valence-electron chi connectivity index (χ0n) is 9.40. The van der Waals surface area contributed by atoms with Crippen molar-refractivity contribution < 1.29 is 13.2 Å². The number of aromatic nitrogens is 2. The highest BCUT2D eigenvalue weighted by molar-refractivity contribution is 7.89. The van der Waals surface area contributed by atoms with Crippen molar-refractivity contribution in [2.45, 2.75) is 4.90 Å². The fraction of sp³-hybridized carbons (Fsp3) is 0. The van der Waals surface area contributed by atoms with Crippen LogP contribution in [0.15, 0.2) is 34.7 Å². The molecule has 0 aliphatic rings. The zero-order valence-corrected chi connectivity index (χ0v) is 11.0. The van der Waals surface area contributed by atoms with Gasteiger partial charge in [0.2, 0.25) is 15.2 Å². The number of sulfonamides is 1. The van der Waals surface area contributed by atoms with Crippen LogP contribution in [-0.2, 0) is 10.0 Å². The largest absolute Gasteiger partial charge is 0.325 e. The lowest BCUT2D eigenvalue weighted by molar-refractivity contribution is 0.262. The summed E-state index contributed by atoms with van der Waals surface area (Å²) in [5.41, 5.74) is 1.91. The van der Waals surface area contributed by atoms with Gasteiger partial charge in [-0.3, -0.25) is 5.32 Å². The molecule has 1 aromatic heterocycles. The van der Waals surface area contributed by atoms with Crippen LogP contribution >= 0.6 is 11.3 Å². The van der Waals surface area contributed by atoms with E-state index in [-0.39, 0.29) is 4.90 Å². The summed E-state index contributed by atoms with van der Waals surface area (Å²) in [4.78, 5) is 11.5. The van der Waals surface area contributed by atoms with E-state index in [0.717, 1.165) is 0 Å². The normalized spacial score (nSPS) is 11.0. The molecule has 2 rings (SSSR count). The third kappa shape index (κ3) is 3.71. The summed E-state index contributed by atoms with van der Waals surface area (Å²) >= 11 is 1.18. The molecule has 0 saturated carbocycles. The Morgan fingerprint density at radius 3 is 2.42 bits per heavy atom. The standard InChI is InChI=1S/C9H9N5O3S2/c10-19(16,17)7-3-1-6(2-4-7)12-8(15)13-9-14-11-5-18-9/h1-5H,(H2,10,16,17)(H2,12,13,14,15). The van der Waals surface area contributed by atoms with Crippen LogP contribution in [0.1, 0.15) is 0 Å². The van der Waals surface area contributed by atoms with Gasteiger partial charge in [0.25, 0.3) is 0 Å². The molecule has 10 heteroatoms. The number of carbonyl (C=O) groups is 1. The molecular formula is C9H9N5O3S2. The fourth-order valence-electron chi connectivity index (χ4n) is 1.21. The first kappa shape index (κ1) is 13.4. The number of rotatable bonds is 3. The fourth-order valence-corrected chi connectivity index (χ4v) is 2.17. The van der Waals surface area contributed by atoms with E-state index in [9.17, 15) is 13.2 Å². The number of anilines is 2. The summed E-state index contributed by atoms with van der Waals surface area (Å²) in [7, 11) is -3.73. The molecule has 0 atom stereocenters. The number of amides is 2. The summed E-state index contributed by atoms with van der Waals surface area (Å²) in [6.45, 7) is 0. The molecule has 2 aromatic rings. The van der Waals surface area contributed by atoms with Crippen LogP contribution in [0.25, 0.3) is 0 Å². The van der Waals surface area contributed by atoms with Gasteiger partial charge in [0, 0.05) is 5.69 Å². The summed E-state index contributed by atoms with van der Waals surface area (Å²) in [5, 5.41) is 17.5. The predicted octanol–water partition coefficient (Wildman–Crippen LogP) is 0.830. The third-order valence-corrected chi connectivity index (χ3v) is 3.56. The highest BCUT2D eigenvalue weighted by Crippen LogP contribution is 2.13. The summed E-state index contributed by atoms with van der Waals surface area (Å²) in [5.74, 6) is 0. The van der Waals surface area contributed by atoms with E-state index in [4.69, 9.17) is 5.14 Å². The van der Waals surface area contributed by atoms with E-state index in [0.29, 0.717) is 10.8 Å². The number of urea groups is 1. The first-order valence-electron chi connectivity index (χ1n) is 4.92. The molecule has 0 aliphatic carbocycles. The minimum Gasteiger partial charge on any atom is -0.308 e. The Morgan fingerprint density at radius 2 is 1.89 bits per heavy atom. The SMILES string of the molecule is NS(=O)(=O)c1ccc(NC(=O)Nc2nncs2)cc1. The maximum atomic E-state index is 11.5.